The predicted octanol–water partition coefficient (Wildman–Crippen LogP) is 4.54. The predicted molar refractivity (Wildman–Crippen MR) is 64.4 cm³/mol. The third kappa shape index (κ3) is 4.10. The van der Waals surface area contributed by atoms with E-state index in [1.165, 1.54) is 29.1 Å². The normalized spacial score (nSPS) is 10.3. The molecule has 2 heteroatoms. The molecular weight excluding hydrogens is 196 g/mol. The standard InChI is InChI=1S/C11H16S2/c1-3-4-9-12-13-11-8-6-5-7-10(11)2/h5-8H,3-4,9H2,1-2H3. The van der Waals surface area contributed by atoms with Crippen molar-refractivity contribution in [1.82, 2.24) is 0 Å². The highest BCUT2D eigenvalue weighted by atomic mass is 33.1. The molecule has 13 heavy (non-hydrogen) atoms. The first-order valence-corrected chi connectivity index (χ1v) is 7.01. The highest BCUT2D eigenvalue weighted by Crippen LogP contribution is 2.33. The van der Waals surface area contributed by atoms with Crippen LogP contribution >= 0.6 is 21.6 Å². The molecule has 0 aliphatic heterocycles. The van der Waals surface area contributed by atoms with Crippen LogP contribution in [0, 0.1) is 6.92 Å². The van der Waals surface area contributed by atoms with Crippen LogP contribution < -0.4 is 0 Å². The van der Waals surface area contributed by atoms with E-state index in [1.807, 2.05) is 21.6 Å². The van der Waals surface area contributed by atoms with Crippen LogP contribution in [-0.2, 0) is 0 Å². The van der Waals surface area contributed by atoms with Crippen LogP contribution in [0.4, 0.5) is 0 Å². The van der Waals surface area contributed by atoms with Gasteiger partial charge in [-0.2, -0.15) is 0 Å². The van der Waals surface area contributed by atoms with E-state index in [2.05, 4.69) is 38.1 Å². The van der Waals surface area contributed by atoms with E-state index in [4.69, 9.17) is 0 Å². The Labute approximate surface area is 88.9 Å². The molecular formula is C11H16S2. The topological polar surface area (TPSA) is 0 Å². The lowest BCUT2D eigenvalue weighted by Crippen LogP contribution is -1.77. The zero-order valence-corrected chi connectivity index (χ0v) is 9.88. The quantitative estimate of drug-likeness (QED) is 0.519. The molecule has 0 atom stereocenters. The van der Waals surface area contributed by atoms with Crippen molar-refractivity contribution in [2.24, 2.45) is 0 Å². The second-order valence-electron chi connectivity index (χ2n) is 3.02. The van der Waals surface area contributed by atoms with Crippen LogP contribution in [0.3, 0.4) is 0 Å². The van der Waals surface area contributed by atoms with Crippen molar-refractivity contribution in [3.8, 4) is 0 Å². The Kier molecular flexibility index (Phi) is 5.40. The van der Waals surface area contributed by atoms with Gasteiger partial charge in [0.05, 0.1) is 0 Å². The molecule has 0 amide bonds. The van der Waals surface area contributed by atoms with E-state index in [1.54, 1.807) is 0 Å². The van der Waals surface area contributed by atoms with Crippen molar-refractivity contribution < 1.29 is 0 Å². The number of hydrogen-bond donors (Lipinski definition) is 0. The molecule has 0 spiro atoms. The van der Waals surface area contributed by atoms with Gasteiger partial charge in [-0.15, -0.1) is 0 Å². The molecule has 0 aromatic heterocycles. The van der Waals surface area contributed by atoms with Crippen molar-refractivity contribution in [3.63, 3.8) is 0 Å². The number of rotatable bonds is 5. The fourth-order valence-electron chi connectivity index (χ4n) is 0.958. The maximum absolute atomic E-state index is 2.24. The molecule has 1 rings (SSSR count). The SMILES string of the molecule is CCCCSSc1ccccc1C. The van der Waals surface area contributed by atoms with Crippen LogP contribution in [0.5, 0.6) is 0 Å². The molecule has 0 aliphatic rings. The van der Waals surface area contributed by atoms with Gasteiger partial charge in [0.25, 0.3) is 0 Å². The Balaban J connectivity index is 2.32. The number of aryl methyl sites for hydroxylation is 1. The molecule has 0 heterocycles. The molecule has 1 aromatic carbocycles. The fraction of sp³-hybridized carbons (Fsp3) is 0.455. The summed E-state index contributed by atoms with van der Waals surface area (Å²) >= 11 is 0. The minimum absolute atomic E-state index is 1.26. The summed E-state index contributed by atoms with van der Waals surface area (Å²) < 4.78 is 0. The van der Waals surface area contributed by atoms with E-state index >= 15 is 0 Å². The van der Waals surface area contributed by atoms with Gasteiger partial charge in [-0.05, 0) is 25.0 Å². The van der Waals surface area contributed by atoms with Crippen LogP contribution in [0.2, 0.25) is 0 Å². The summed E-state index contributed by atoms with van der Waals surface area (Å²) in [4.78, 5) is 1.41. The summed E-state index contributed by atoms with van der Waals surface area (Å²) in [7, 11) is 3.87. The van der Waals surface area contributed by atoms with Gasteiger partial charge in [0.1, 0.15) is 0 Å². The van der Waals surface area contributed by atoms with Gasteiger partial charge in [-0.25, -0.2) is 0 Å². The molecule has 0 aliphatic carbocycles. The van der Waals surface area contributed by atoms with Crippen molar-refractivity contribution in [2.45, 2.75) is 31.6 Å². The van der Waals surface area contributed by atoms with Crippen molar-refractivity contribution in [1.29, 1.82) is 0 Å². The zero-order chi connectivity index (χ0) is 9.52. The number of benzene rings is 1. The van der Waals surface area contributed by atoms with Crippen LogP contribution in [-0.4, -0.2) is 5.75 Å². The van der Waals surface area contributed by atoms with E-state index in [-0.39, 0.29) is 0 Å². The Morgan fingerprint density at radius 1 is 1.23 bits per heavy atom. The summed E-state index contributed by atoms with van der Waals surface area (Å²) in [6.45, 7) is 4.40. The Morgan fingerprint density at radius 2 is 2.00 bits per heavy atom. The first kappa shape index (κ1) is 11.0. The summed E-state index contributed by atoms with van der Waals surface area (Å²) in [5.74, 6) is 1.26. The maximum Gasteiger partial charge on any atom is 0.0212 e. The molecule has 0 unspecified atom stereocenters. The van der Waals surface area contributed by atoms with Crippen molar-refractivity contribution in [2.75, 3.05) is 5.75 Å². The minimum atomic E-state index is 1.26. The van der Waals surface area contributed by atoms with Crippen LogP contribution in [0.25, 0.3) is 0 Å². The van der Waals surface area contributed by atoms with Crippen LogP contribution in [0.15, 0.2) is 29.2 Å². The smallest absolute Gasteiger partial charge is 0.0212 e. The van der Waals surface area contributed by atoms with Gasteiger partial charge in [0, 0.05) is 10.6 Å². The molecule has 0 fully saturated rings. The molecule has 1 aromatic rings. The highest BCUT2D eigenvalue weighted by Gasteiger charge is 1.97. The Morgan fingerprint density at radius 3 is 2.69 bits per heavy atom. The second kappa shape index (κ2) is 6.39. The monoisotopic (exact) mass is 212 g/mol. The lowest BCUT2D eigenvalue weighted by Gasteiger charge is -2.03. The lowest BCUT2D eigenvalue weighted by atomic mass is 10.2. The van der Waals surface area contributed by atoms with Gasteiger partial charge in [-0.3, -0.25) is 0 Å². The van der Waals surface area contributed by atoms with Crippen molar-refractivity contribution >= 4 is 21.6 Å². The minimum Gasteiger partial charge on any atom is -0.0889 e. The second-order valence-corrected chi connectivity index (χ2v) is 5.48. The molecule has 0 N–H and O–H groups in total. The molecule has 0 saturated carbocycles. The third-order valence-corrected chi connectivity index (χ3v) is 4.43. The van der Waals surface area contributed by atoms with E-state index in [0.29, 0.717) is 0 Å². The third-order valence-electron chi connectivity index (χ3n) is 1.82. The summed E-state index contributed by atoms with van der Waals surface area (Å²) in [6, 6.07) is 8.56. The summed E-state index contributed by atoms with van der Waals surface area (Å²) in [5.41, 5.74) is 1.39. The molecule has 0 saturated heterocycles. The summed E-state index contributed by atoms with van der Waals surface area (Å²) in [5, 5.41) is 0. The van der Waals surface area contributed by atoms with Gasteiger partial charge >= 0.3 is 0 Å². The first-order valence-electron chi connectivity index (χ1n) is 4.69. The Bertz CT molecular complexity index is 246. The first-order chi connectivity index (χ1) is 6.34. The average Bonchev–Trinajstić information content (AvgIpc) is 2.15. The Hall–Kier alpha value is -0.0800. The largest absolute Gasteiger partial charge is 0.0889 e. The number of hydrogen-bond acceptors (Lipinski definition) is 2. The lowest BCUT2D eigenvalue weighted by molar-refractivity contribution is 0.898. The van der Waals surface area contributed by atoms with Gasteiger partial charge in [-0.1, -0.05) is 53.1 Å². The van der Waals surface area contributed by atoms with Gasteiger partial charge < -0.3 is 0 Å². The van der Waals surface area contributed by atoms with Gasteiger partial charge in [0.15, 0.2) is 0 Å². The van der Waals surface area contributed by atoms with E-state index in [0.717, 1.165) is 0 Å². The fourth-order valence-corrected chi connectivity index (χ4v) is 3.45. The molecule has 0 nitrogen and oxygen atoms in total. The van der Waals surface area contributed by atoms with Gasteiger partial charge in [0.2, 0.25) is 0 Å². The molecule has 72 valence electrons. The molecule has 0 radical (unpaired) electrons. The van der Waals surface area contributed by atoms with E-state index in [9.17, 15) is 0 Å². The highest BCUT2D eigenvalue weighted by molar-refractivity contribution is 8.76. The van der Waals surface area contributed by atoms with E-state index < -0.39 is 0 Å². The average molecular weight is 212 g/mol. The zero-order valence-electron chi connectivity index (χ0n) is 8.25. The van der Waals surface area contributed by atoms with Crippen LogP contribution in [0.1, 0.15) is 25.3 Å². The molecule has 0 bridgehead atoms. The number of unbranched alkanes of at least 4 members (excludes halogenated alkanes) is 1. The maximum atomic E-state index is 2.24. The summed E-state index contributed by atoms with van der Waals surface area (Å²) in [6.07, 6.45) is 2.62. The van der Waals surface area contributed by atoms with Crippen molar-refractivity contribution in [3.05, 3.63) is 29.8 Å².